The van der Waals surface area contributed by atoms with Gasteiger partial charge in [-0.15, -0.1) is 11.3 Å². The van der Waals surface area contributed by atoms with E-state index in [4.69, 9.17) is 5.73 Å². The molecular formula is C10H14BrNS. The van der Waals surface area contributed by atoms with Gasteiger partial charge in [0.25, 0.3) is 0 Å². The van der Waals surface area contributed by atoms with E-state index in [0.717, 1.165) is 11.8 Å². The van der Waals surface area contributed by atoms with E-state index in [9.17, 15) is 0 Å². The number of halogens is 1. The van der Waals surface area contributed by atoms with Crippen LogP contribution in [0.3, 0.4) is 0 Å². The van der Waals surface area contributed by atoms with Gasteiger partial charge >= 0.3 is 0 Å². The Balaban J connectivity index is 2.19. The summed E-state index contributed by atoms with van der Waals surface area (Å²) in [6.45, 7) is 4.43. The second-order valence-electron chi connectivity index (χ2n) is 3.96. The fraction of sp³-hybridized carbons (Fsp3) is 0.600. The average molecular weight is 260 g/mol. The van der Waals surface area contributed by atoms with Crippen LogP contribution in [0.15, 0.2) is 9.85 Å². The van der Waals surface area contributed by atoms with Crippen molar-refractivity contribution in [1.82, 2.24) is 0 Å². The predicted octanol–water partition coefficient (Wildman–Crippen LogP) is 3.47. The molecule has 1 aromatic rings. The summed E-state index contributed by atoms with van der Waals surface area (Å²) in [6, 6.07) is 2.44. The summed E-state index contributed by atoms with van der Waals surface area (Å²) in [4.78, 5) is 1.36. The maximum Gasteiger partial charge on any atom is 0.0704 e. The Labute approximate surface area is 91.5 Å². The first-order valence-corrected chi connectivity index (χ1v) is 6.22. The topological polar surface area (TPSA) is 26.0 Å². The van der Waals surface area contributed by atoms with Crippen molar-refractivity contribution in [3.63, 3.8) is 0 Å². The molecule has 0 bridgehead atoms. The molecule has 0 radical (unpaired) electrons. The SMILES string of the molecule is Cc1sc(Br)cc1C(N)C1CC1C. The smallest absolute Gasteiger partial charge is 0.0704 e. The molecule has 0 aliphatic heterocycles. The molecule has 2 N–H and O–H groups in total. The monoisotopic (exact) mass is 259 g/mol. The maximum atomic E-state index is 6.19. The molecule has 0 saturated heterocycles. The Kier molecular flexibility index (Phi) is 2.51. The zero-order valence-electron chi connectivity index (χ0n) is 7.88. The van der Waals surface area contributed by atoms with Crippen LogP contribution in [0.5, 0.6) is 0 Å². The van der Waals surface area contributed by atoms with Gasteiger partial charge in [0.1, 0.15) is 0 Å². The number of hydrogen-bond donors (Lipinski definition) is 1. The van der Waals surface area contributed by atoms with Crippen LogP contribution in [0.4, 0.5) is 0 Å². The molecule has 1 nitrogen and oxygen atoms in total. The molecule has 0 aromatic carbocycles. The van der Waals surface area contributed by atoms with Gasteiger partial charge in [-0.1, -0.05) is 6.92 Å². The summed E-state index contributed by atoms with van der Waals surface area (Å²) in [6.07, 6.45) is 1.30. The first kappa shape index (κ1) is 9.69. The van der Waals surface area contributed by atoms with Crippen LogP contribution in [0, 0.1) is 18.8 Å². The lowest BCUT2D eigenvalue weighted by Crippen LogP contribution is -2.13. The largest absolute Gasteiger partial charge is 0.324 e. The predicted molar refractivity (Wildman–Crippen MR) is 61.0 cm³/mol. The van der Waals surface area contributed by atoms with Gasteiger partial charge in [0.05, 0.1) is 3.79 Å². The summed E-state index contributed by atoms with van der Waals surface area (Å²) >= 11 is 5.28. The van der Waals surface area contributed by atoms with Gasteiger partial charge in [-0.3, -0.25) is 0 Å². The van der Waals surface area contributed by atoms with E-state index in [0.29, 0.717) is 0 Å². The van der Waals surface area contributed by atoms with Crippen molar-refractivity contribution >= 4 is 27.3 Å². The average Bonchev–Trinajstić information content (AvgIpc) is 2.67. The summed E-state index contributed by atoms with van der Waals surface area (Å²) in [5.41, 5.74) is 7.53. The molecule has 0 amide bonds. The maximum absolute atomic E-state index is 6.19. The lowest BCUT2D eigenvalue weighted by Gasteiger charge is -2.09. The number of nitrogens with two attached hydrogens (primary N) is 1. The molecular weight excluding hydrogens is 246 g/mol. The molecule has 2 rings (SSSR count). The second-order valence-corrected chi connectivity index (χ2v) is 6.60. The van der Waals surface area contributed by atoms with Crippen LogP contribution < -0.4 is 5.73 Å². The molecule has 1 aliphatic rings. The zero-order chi connectivity index (χ0) is 9.59. The summed E-state index contributed by atoms with van der Waals surface area (Å²) in [7, 11) is 0. The highest BCUT2D eigenvalue weighted by Gasteiger charge is 2.39. The summed E-state index contributed by atoms with van der Waals surface area (Å²) in [5.74, 6) is 1.55. The molecule has 3 atom stereocenters. The third kappa shape index (κ3) is 1.83. The number of aryl methyl sites for hydroxylation is 1. The lowest BCUT2D eigenvalue weighted by atomic mass is 10.0. The molecule has 1 saturated carbocycles. The van der Waals surface area contributed by atoms with E-state index in [1.165, 1.54) is 20.6 Å². The number of hydrogen-bond acceptors (Lipinski definition) is 2. The number of thiophene rings is 1. The van der Waals surface area contributed by atoms with Crippen LogP contribution in [0.25, 0.3) is 0 Å². The summed E-state index contributed by atoms with van der Waals surface area (Å²) < 4.78 is 1.20. The molecule has 1 aliphatic carbocycles. The zero-order valence-corrected chi connectivity index (χ0v) is 10.3. The van der Waals surface area contributed by atoms with Crippen molar-refractivity contribution < 1.29 is 0 Å². The third-order valence-corrected chi connectivity index (χ3v) is 4.49. The van der Waals surface area contributed by atoms with E-state index in [1.807, 2.05) is 0 Å². The highest BCUT2D eigenvalue weighted by Crippen LogP contribution is 2.47. The molecule has 1 heterocycles. The van der Waals surface area contributed by atoms with Crippen molar-refractivity contribution in [2.24, 2.45) is 17.6 Å². The van der Waals surface area contributed by atoms with E-state index in [1.54, 1.807) is 11.3 Å². The Morgan fingerprint density at radius 2 is 2.31 bits per heavy atom. The van der Waals surface area contributed by atoms with Crippen molar-refractivity contribution in [2.75, 3.05) is 0 Å². The minimum Gasteiger partial charge on any atom is -0.324 e. The van der Waals surface area contributed by atoms with Gasteiger partial charge in [-0.05, 0) is 52.7 Å². The Bertz CT molecular complexity index is 321. The fourth-order valence-electron chi connectivity index (χ4n) is 1.87. The summed E-state index contributed by atoms with van der Waals surface area (Å²) in [5, 5.41) is 0. The molecule has 13 heavy (non-hydrogen) atoms. The highest BCUT2D eigenvalue weighted by atomic mass is 79.9. The molecule has 1 fully saturated rings. The van der Waals surface area contributed by atoms with Gasteiger partial charge < -0.3 is 5.73 Å². The van der Waals surface area contributed by atoms with Crippen LogP contribution in [-0.4, -0.2) is 0 Å². The van der Waals surface area contributed by atoms with Crippen LogP contribution in [0.2, 0.25) is 0 Å². The molecule has 0 spiro atoms. The van der Waals surface area contributed by atoms with Gasteiger partial charge in [0, 0.05) is 10.9 Å². The van der Waals surface area contributed by atoms with Gasteiger partial charge in [-0.25, -0.2) is 0 Å². The first-order valence-electron chi connectivity index (χ1n) is 4.61. The van der Waals surface area contributed by atoms with Crippen molar-refractivity contribution in [3.05, 3.63) is 20.3 Å². The van der Waals surface area contributed by atoms with Crippen molar-refractivity contribution in [3.8, 4) is 0 Å². The van der Waals surface area contributed by atoms with Crippen LogP contribution in [0.1, 0.15) is 29.8 Å². The van der Waals surface area contributed by atoms with Gasteiger partial charge in [-0.2, -0.15) is 0 Å². The standard InChI is InChI=1S/C10H14BrNS/c1-5-3-7(5)10(12)8-4-9(11)13-6(8)2/h4-5,7,10H,3,12H2,1-2H3. The number of rotatable bonds is 2. The normalized spacial score (nSPS) is 28.9. The Morgan fingerprint density at radius 1 is 1.69 bits per heavy atom. The fourth-order valence-corrected chi connectivity index (χ4v) is 3.64. The molecule has 1 aromatic heterocycles. The molecule has 3 unspecified atom stereocenters. The third-order valence-electron chi connectivity index (χ3n) is 2.92. The van der Waals surface area contributed by atoms with Crippen molar-refractivity contribution in [2.45, 2.75) is 26.3 Å². The quantitative estimate of drug-likeness (QED) is 0.865. The second kappa shape index (κ2) is 3.37. The van der Waals surface area contributed by atoms with Crippen LogP contribution >= 0.6 is 27.3 Å². The first-order chi connectivity index (χ1) is 6.09. The minimum absolute atomic E-state index is 0.262. The Hall–Kier alpha value is 0.140. The Morgan fingerprint density at radius 3 is 2.69 bits per heavy atom. The lowest BCUT2D eigenvalue weighted by molar-refractivity contribution is 0.593. The molecule has 3 heteroatoms. The van der Waals surface area contributed by atoms with Crippen LogP contribution in [-0.2, 0) is 0 Å². The van der Waals surface area contributed by atoms with Crippen molar-refractivity contribution in [1.29, 1.82) is 0 Å². The van der Waals surface area contributed by atoms with E-state index >= 15 is 0 Å². The van der Waals surface area contributed by atoms with E-state index in [2.05, 4.69) is 35.8 Å². The minimum atomic E-state index is 0.262. The van der Waals surface area contributed by atoms with Gasteiger partial charge in [0.2, 0.25) is 0 Å². The highest BCUT2D eigenvalue weighted by molar-refractivity contribution is 9.11. The van der Waals surface area contributed by atoms with E-state index < -0.39 is 0 Å². The van der Waals surface area contributed by atoms with Gasteiger partial charge in [0.15, 0.2) is 0 Å². The molecule has 72 valence electrons. The van der Waals surface area contributed by atoms with E-state index in [-0.39, 0.29) is 6.04 Å².